The molecule has 1 aromatic heterocycles. The summed E-state index contributed by atoms with van der Waals surface area (Å²) in [6.07, 6.45) is 1.93. The second-order valence-electron chi connectivity index (χ2n) is 4.38. The summed E-state index contributed by atoms with van der Waals surface area (Å²) >= 11 is 0. The SMILES string of the molecule is COc1ccc(C2CN(C(C)C)C2)cn1. The molecule has 1 saturated heterocycles. The highest BCUT2D eigenvalue weighted by molar-refractivity contribution is 5.23. The summed E-state index contributed by atoms with van der Waals surface area (Å²) in [5, 5.41) is 0. The van der Waals surface area contributed by atoms with Gasteiger partial charge in [0.1, 0.15) is 0 Å². The fourth-order valence-electron chi connectivity index (χ4n) is 1.90. The van der Waals surface area contributed by atoms with E-state index in [0.29, 0.717) is 17.8 Å². The fraction of sp³-hybridized carbons (Fsp3) is 0.583. The first-order valence-corrected chi connectivity index (χ1v) is 5.44. The Kier molecular flexibility index (Phi) is 2.91. The van der Waals surface area contributed by atoms with Gasteiger partial charge in [-0.25, -0.2) is 4.98 Å². The van der Waals surface area contributed by atoms with E-state index in [1.165, 1.54) is 5.56 Å². The van der Waals surface area contributed by atoms with Crippen LogP contribution in [-0.2, 0) is 0 Å². The van der Waals surface area contributed by atoms with Crippen LogP contribution in [0.5, 0.6) is 5.88 Å². The lowest BCUT2D eigenvalue weighted by Crippen LogP contribution is -2.48. The Balaban J connectivity index is 1.95. The minimum absolute atomic E-state index is 0.658. The second-order valence-corrected chi connectivity index (χ2v) is 4.38. The smallest absolute Gasteiger partial charge is 0.212 e. The Morgan fingerprint density at radius 2 is 2.13 bits per heavy atom. The summed E-state index contributed by atoms with van der Waals surface area (Å²) in [6, 6.07) is 4.72. The van der Waals surface area contributed by atoms with Crippen LogP contribution >= 0.6 is 0 Å². The minimum Gasteiger partial charge on any atom is -0.481 e. The lowest BCUT2D eigenvalue weighted by molar-refractivity contribution is 0.110. The van der Waals surface area contributed by atoms with Crippen molar-refractivity contribution >= 4 is 0 Å². The molecule has 0 saturated carbocycles. The largest absolute Gasteiger partial charge is 0.481 e. The van der Waals surface area contributed by atoms with Gasteiger partial charge in [0.15, 0.2) is 0 Å². The summed E-state index contributed by atoms with van der Waals surface area (Å²) < 4.78 is 5.04. The number of nitrogens with zero attached hydrogens (tertiary/aromatic N) is 2. The van der Waals surface area contributed by atoms with Crippen LogP contribution < -0.4 is 4.74 Å². The molecule has 1 aliphatic rings. The molecule has 2 rings (SSSR count). The van der Waals surface area contributed by atoms with E-state index in [9.17, 15) is 0 Å². The van der Waals surface area contributed by atoms with Gasteiger partial charge in [0.25, 0.3) is 0 Å². The predicted molar refractivity (Wildman–Crippen MR) is 60.2 cm³/mol. The fourth-order valence-corrected chi connectivity index (χ4v) is 1.90. The van der Waals surface area contributed by atoms with Crippen molar-refractivity contribution in [3.63, 3.8) is 0 Å². The van der Waals surface area contributed by atoms with Crippen molar-refractivity contribution in [3.8, 4) is 5.88 Å². The summed E-state index contributed by atoms with van der Waals surface area (Å²) in [5.74, 6) is 1.35. The molecule has 0 N–H and O–H groups in total. The highest BCUT2D eigenvalue weighted by Crippen LogP contribution is 2.28. The second kappa shape index (κ2) is 4.19. The van der Waals surface area contributed by atoms with Crippen LogP contribution in [0, 0.1) is 0 Å². The number of methoxy groups -OCH3 is 1. The molecule has 0 unspecified atom stereocenters. The van der Waals surface area contributed by atoms with Crippen LogP contribution in [0.1, 0.15) is 25.3 Å². The maximum absolute atomic E-state index is 5.04. The van der Waals surface area contributed by atoms with Crippen LogP contribution in [0.4, 0.5) is 0 Å². The number of pyridine rings is 1. The topological polar surface area (TPSA) is 25.4 Å². The van der Waals surface area contributed by atoms with Gasteiger partial charge in [0, 0.05) is 37.3 Å². The lowest BCUT2D eigenvalue weighted by atomic mass is 9.91. The van der Waals surface area contributed by atoms with Crippen LogP contribution in [0.25, 0.3) is 0 Å². The highest BCUT2D eigenvalue weighted by Gasteiger charge is 2.29. The molecule has 1 aliphatic heterocycles. The first-order valence-electron chi connectivity index (χ1n) is 5.44. The molecule has 3 nitrogen and oxygen atoms in total. The van der Waals surface area contributed by atoms with Crippen molar-refractivity contribution in [1.29, 1.82) is 0 Å². The van der Waals surface area contributed by atoms with Crippen LogP contribution in [0.2, 0.25) is 0 Å². The molecule has 1 aromatic rings. The molecule has 2 heterocycles. The molecule has 0 spiro atoms. The Labute approximate surface area is 91.1 Å². The molecule has 1 fully saturated rings. The molecule has 15 heavy (non-hydrogen) atoms. The average Bonchev–Trinajstić information content (AvgIpc) is 2.16. The Morgan fingerprint density at radius 3 is 2.60 bits per heavy atom. The first kappa shape index (κ1) is 10.4. The van der Waals surface area contributed by atoms with Crippen molar-refractivity contribution in [3.05, 3.63) is 23.9 Å². The van der Waals surface area contributed by atoms with E-state index in [1.54, 1.807) is 7.11 Å². The predicted octanol–water partition coefficient (Wildman–Crippen LogP) is 1.90. The molecule has 0 aromatic carbocycles. The molecular formula is C12H18N2O. The summed E-state index contributed by atoms with van der Waals surface area (Å²) in [7, 11) is 1.64. The highest BCUT2D eigenvalue weighted by atomic mass is 16.5. The maximum atomic E-state index is 5.04. The van der Waals surface area contributed by atoms with Crippen molar-refractivity contribution in [1.82, 2.24) is 9.88 Å². The number of ether oxygens (including phenoxy) is 1. The third-order valence-electron chi connectivity index (χ3n) is 3.08. The molecule has 0 aliphatic carbocycles. The van der Waals surface area contributed by atoms with E-state index < -0.39 is 0 Å². The van der Waals surface area contributed by atoms with Gasteiger partial charge in [-0.3, -0.25) is 4.90 Å². The van der Waals surface area contributed by atoms with E-state index in [1.807, 2.05) is 12.3 Å². The van der Waals surface area contributed by atoms with Crippen molar-refractivity contribution in [2.75, 3.05) is 20.2 Å². The summed E-state index contributed by atoms with van der Waals surface area (Å²) in [4.78, 5) is 6.70. The molecular weight excluding hydrogens is 188 g/mol. The van der Waals surface area contributed by atoms with E-state index in [4.69, 9.17) is 4.74 Å². The van der Waals surface area contributed by atoms with Gasteiger partial charge in [-0.05, 0) is 19.4 Å². The molecule has 0 atom stereocenters. The first-order chi connectivity index (χ1) is 7.20. The molecule has 82 valence electrons. The molecule has 0 amide bonds. The van der Waals surface area contributed by atoms with Crippen LogP contribution in [0.15, 0.2) is 18.3 Å². The van der Waals surface area contributed by atoms with Gasteiger partial charge in [-0.2, -0.15) is 0 Å². The number of likely N-dealkylation sites (tertiary alicyclic amines) is 1. The van der Waals surface area contributed by atoms with Gasteiger partial charge < -0.3 is 4.74 Å². The van der Waals surface area contributed by atoms with Crippen LogP contribution in [0.3, 0.4) is 0 Å². The summed E-state index contributed by atoms with van der Waals surface area (Å²) in [6.45, 7) is 6.79. The number of hydrogen-bond acceptors (Lipinski definition) is 3. The number of rotatable bonds is 3. The number of hydrogen-bond donors (Lipinski definition) is 0. The van der Waals surface area contributed by atoms with Crippen molar-refractivity contribution in [2.45, 2.75) is 25.8 Å². The third kappa shape index (κ3) is 2.12. The van der Waals surface area contributed by atoms with Gasteiger partial charge in [0.05, 0.1) is 7.11 Å². The molecule has 0 radical (unpaired) electrons. The standard InChI is InChI=1S/C12H18N2O/c1-9(2)14-7-11(8-14)10-4-5-12(15-3)13-6-10/h4-6,9,11H,7-8H2,1-3H3. The maximum Gasteiger partial charge on any atom is 0.212 e. The quantitative estimate of drug-likeness (QED) is 0.755. The average molecular weight is 206 g/mol. The zero-order valence-corrected chi connectivity index (χ0v) is 9.60. The monoisotopic (exact) mass is 206 g/mol. The van der Waals surface area contributed by atoms with Gasteiger partial charge in [0.2, 0.25) is 5.88 Å². The number of aromatic nitrogens is 1. The lowest BCUT2D eigenvalue weighted by Gasteiger charge is -2.42. The van der Waals surface area contributed by atoms with Gasteiger partial charge in [-0.1, -0.05) is 6.07 Å². The van der Waals surface area contributed by atoms with Gasteiger partial charge in [-0.15, -0.1) is 0 Å². The van der Waals surface area contributed by atoms with Crippen molar-refractivity contribution < 1.29 is 4.74 Å². The van der Waals surface area contributed by atoms with Crippen molar-refractivity contribution in [2.24, 2.45) is 0 Å². The minimum atomic E-state index is 0.658. The zero-order valence-electron chi connectivity index (χ0n) is 9.60. The van der Waals surface area contributed by atoms with Gasteiger partial charge >= 0.3 is 0 Å². The van der Waals surface area contributed by atoms with E-state index in [-0.39, 0.29) is 0 Å². The third-order valence-corrected chi connectivity index (χ3v) is 3.08. The Bertz CT molecular complexity index is 315. The molecule has 0 bridgehead atoms. The normalized spacial score (nSPS) is 17.9. The molecule has 3 heteroatoms. The van der Waals surface area contributed by atoms with E-state index in [0.717, 1.165) is 13.1 Å². The van der Waals surface area contributed by atoms with Crippen LogP contribution in [-0.4, -0.2) is 36.1 Å². The Morgan fingerprint density at radius 1 is 1.40 bits per heavy atom. The summed E-state index contributed by atoms with van der Waals surface area (Å²) in [5.41, 5.74) is 1.33. The Hall–Kier alpha value is -1.09. The zero-order chi connectivity index (χ0) is 10.8. The van der Waals surface area contributed by atoms with E-state index >= 15 is 0 Å². The van der Waals surface area contributed by atoms with E-state index in [2.05, 4.69) is 29.8 Å².